The topological polar surface area (TPSA) is 45.8 Å². The van der Waals surface area contributed by atoms with Crippen molar-refractivity contribution in [2.75, 3.05) is 0 Å². The Labute approximate surface area is 79.6 Å². The van der Waals surface area contributed by atoms with Crippen LogP contribution in [0, 0.1) is 5.82 Å². The normalized spacial score (nSPS) is 10.1. The van der Waals surface area contributed by atoms with Crippen molar-refractivity contribution in [3.63, 3.8) is 0 Å². The molecule has 1 heterocycles. The molecule has 0 spiro atoms. The third kappa shape index (κ3) is 1.42. The van der Waals surface area contributed by atoms with Crippen molar-refractivity contribution in [3.05, 3.63) is 42.1 Å². The van der Waals surface area contributed by atoms with Crippen LogP contribution in [0.2, 0.25) is 0 Å². The van der Waals surface area contributed by atoms with E-state index in [2.05, 4.69) is 9.97 Å². The van der Waals surface area contributed by atoms with Gasteiger partial charge in [-0.25, -0.2) is 9.37 Å². The maximum absolute atomic E-state index is 13.3. The Kier molecular flexibility index (Phi) is 2.10. The molecule has 0 aliphatic rings. The van der Waals surface area contributed by atoms with E-state index >= 15 is 0 Å². The molecule has 0 saturated carbocycles. The number of rotatable bonds is 2. The standard InChI is InChI=1S/C10H7FN2O/c11-8-4-2-1-3-7(8)9-5-12-10(6-14)13-9/h1-6H,(H,12,13). The number of carbonyl (C=O) groups excluding carboxylic acids is 1. The number of aromatic nitrogens is 2. The number of benzene rings is 1. The average molecular weight is 190 g/mol. The summed E-state index contributed by atoms with van der Waals surface area (Å²) in [5.74, 6) is -0.142. The summed E-state index contributed by atoms with van der Waals surface area (Å²) < 4.78 is 13.3. The molecule has 0 bridgehead atoms. The molecule has 70 valence electrons. The van der Waals surface area contributed by atoms with Crippen LogP contribution in [0.5, 0.6) is 0 Å². The summed E-state index contributed by atoms with van der Waals surface area (Å²) in [6.45, 7) is 0. The van der Waals surface area contributed by atoms with E-state index in [1.54, 1.807) is 18.2 Å². The second-order valence-corrected chi connectivity index (χ2v) is 2.78. The van der Waals surface area contributed by atoms with Crippen LogP contribution in [0.3, 0.4) is 0 Å². The fourth-order valence-electron chi connectivity index (χ4n) is 1.21. The first-order chi connectivity index (χ1) is 6.81. The van der Waals surface area contributed by atoms with Gasteiger partial charge in [-0.3, -0.25) is 4.79 Å². The van der Waals surface area contributed by atoms with Crippen LogP contribution in [0.4, 0.5) is 4.39 Å². The van der Waals surface area contributed by atoms with Gasteiger partial charge >= 0.3 is 0 Å². The minimum absolute atomic E-state index is 0.197. The van der Waals surface area contributed by atoms with E-state index in [1.807, 2.05) is 0 Å². The number of aromatic amines is 1. The maximum atomic E-state index is 13.3. The van der Waals surface area contributed by atoms with Gasteiger partial charge in [0.05, 0.1) is 11.9 Å². The van der Waals surface area contributed by atoms with Gasteiger partial charge in [0.2, 0.25) is 0 Å². The van der Waals surface area contributed by atoms with Crippen molar-refractivity contribution < 1.29 is 9.18 Å². The first-order valence-corrected chi connectivity index (χ1v) is 4.06. The smallest absolute Gasteiger partial charge is 0.185 e. The molecular weight excluding hydrogens is 183 g/mol. The zero-order chi connectivity index (χ0) is 9.97. The molecule has 0 aliphatic heterocycles. The molecule has 3 nitrogen and oxygen atoms in total. The molecule has 0 fully saturated rings. The molecule has 0 radical (unpaired) electrons. The zero-order valence-corrected chi connectivity index (χ0v) is 7.20. The Morgan fingerprint density at radius 3 is 2.79 bits per heavy atom. The highest BCUT2D eigenvalue weighted by Gasteiger charge is 2.06. The van der Waals surface area contributed by atoms with Crippen LogP contribution < -0.4 is 0 Å². The van der Waals surface area contributed by atoms with Crippen LogP contribution in [-0.2, 0) is 0 Å². The molecule has 1 aromatic carbocycles. The van der Waals surface area contributed by atoms with Crippen LogP contribution in [0.1, 0.15) is 10.6 Å². The second-order valence-electron chi connectivity index (χ2n) is 2.78. The molecule has 0 aliphatic carbocycles. The van der Waals surface area contributed by atoms with Gasteiger partial charge in [0.1, 0.15) is 5.82 Å². The minimum Gasteiger partial charge on any atom is -0.336 e. The average Bonchev–Trinajstić information content (AvgIpc) is 2.67. The fourth-order valence-corrected chi connectivity index (χ4v) is 1.21. The number of aldehydes is 1. The number of carbonyl (C=O) groups is 1. The summed E-state index contributed by atoms with van der Waals surface area (Å²) in [5.41, 5.74) is 0.915. The van der Waals surface area contributed by atoms with Gasteiger partial charge in [-0.1, -0.05) is 12.1 Å². The van der Waals surface area contributed by atoms with E-state index in [0.29, 0.717) is 17.5 Å². The minimum atomic E-state index is -0.339. The lowest BCUT2D eigenvalue weighted by Crippen LogP contribution is -1.84. The number of hydrogen-bond acceptors (Lipinski definition) is 2. The molecule has 14 heavy (non-hydrogen) atoms. The van der Waals surface area contributed by atoms with E-state index in [-0.39, 0.29) is 11.6 Å². The molecule has 0 atom stereocenters. The monoisotopic (exact) mass is 190 g/mol. The van der Waals surface area contributed by atoms with Gasteiger partial charge in [-0.15, -0.1) is 0 Å². The molecule has 0 amide bonds. The Morgan fingerprint density at radius 2 is 2.14 bits per heavy atom. The van der Waals surface area contributed by atoms with Gasteiger partial charge in [-0.2, -0.15) is 0 Å². The number of halogens is 1. The first kappa shape index (κ1) is 8.62. The van der Waals surface area contributed by atoms with Gasteiger partial charge in [0.25, 0.3) is 0 Å². The van der Waals surface area contributed by atoms with E-state index in [9.17, 15) is 9.18 Å². The lowest BCUT2D eigenvalue weighted by atomic mass is 10.1. The van der Waals surface area contributed by atoms with E-state index in [1.165, 1.54) is 12.3 Å². The number of nitrogens with zero attached hydrogens (tertiary/aromatic N) is 1. The summed E-state index contributed by atoms with van der Waals surface area (Å²) in [7, 11) is 0. The highest BCUT2D eigenvalue weighted by atomic mass is 19.1. The van der Waals surface area contributed by atoms with Crippen molar-refractivity contribution in [2.45, 2.75) is 0 Å². The highest BCUT2D eigenvalue weighted by molar-refractivity contribution is 5.71. The molecule has 1 aromatic heterocycles. The van der Waals surface area contributed by atoms with Crippen LogP contribution in [0.25, 0.3) is 11.3 Å². The Morgan fingerprint density at radius 1 is 1.36 bits per heavy atom. The first-order valence-electron chi connectivity index (χ1n) is 4.06. The molecule has 0 saturated heterocycles. The molecule has 0 unspecified atom stereocenters. The fraction of sp³-hybridized carbons (Fsp3) is 0. The van der Waals surface area contributed by atoms with Crippen molar-refractivity contribution in [3.8, 4) is 11.3 Å². The summed E-state index contributed by atoms with van der Waals surface area (Å²) in [5, 5.41) is 0. The van der Waals surface area contributed by atoms with E-state index < -0.39 is 0 Å². The lowest BCUT2D eigenvalue weighted by molar-refractivity contribution is 0.111. The quantitative estimate of drug-likeness (QED) is 0.736. The number of H-pyrrole nitrogens is 1. The largest absolute Gasteiger partial charge is 0.336 e. The van der Waals surface area contributed by atoms with Gasteiger partial charge in [-0.05, 0) is 12.1 Å². The van der Waals surface area contributed by atoms with Gasteiger partial charge < -0.3 is 4.98 Å². The SMILES string of the molecule is O=Cc1ncc(-c2ccccc2F)[nH]1. The number of imidazole rings is 1. The number of hydrogen-bond donors (Lipinski definition) is 1. The van der Waals surface area contributed by atoms with Crippen molar-refractivity contribution >= 4 is 6.29 Å². The second kappa shape index (κ2) is 3.41. The molecule has 2 aromatic rings. The highest BCUT2D eigenvalue weighted by Crippen LogP contribution is 2.19. The lowest BCUT2D eigenvalue weighted by Gasteiger charge is -1.97. The Balaban J connectivity index is 2.49. The van der Waals surface area contributed by atoms with Crippen molar-refractivity contribution in [1.29, 1.82) is 0 Å². The van der Waals surface area contributed by atoms with Gasteiger partial charge in [0, 0.05) is 5.56 Å². The summed E-state index contributed by atoms with van der Waals surface area (Å²) >= 11 is 0. The third-order valence-corrected chi connectivity index (χ3v) is 1.87. The summed E-state index contributed by atoms with van der Waals surface area (Å²) in [4.78, 5) is 16.8. The zero-order valence-electron chi connectivity index (χ0n) is 7.20. The molecular formula is C10H7FN2O. The van der Waals surface area contributed by atoms with Crippen LogP contribution >= 0.6 is 0 Å². The predicted molar refractivity (Wildman–Crippen MR) is 49.4 cm³/mol. The molecule has 2 rings (SSSR count). The third-order valence-electron chi connectivity index (χ3n) is 1.87. The summed E-state index contributed by atoms with van der Waals surface area (Å²) in [6.07, 6.45) is 2.02. The van der Waals surface area contributed by atoms with Crippen LogP contribution in [0.15, 0.2) is 30.5 Å². The Bertz CT molecular complexity index is 465. The Hall–Kier alpha value is -1.97. The predicted octanol–water partition coefficient (Wildman–Crippen LogP) is 2.03. The summed E-state index contributed by atoms with van der Waals surface area (Å²) in [6, 6.07) is 6.31. The van der Waals surface area contributed by atoms with Crippen molar-refractivity contribution in [1.82, 2.24) is 9.97 Å². The number of nitrogens with one attached hydrogen (secondary N) is 1. The molecule has 4 heteroatoms. The van der Waals surface area contributed by atoms with Gasteiger partial charge in [0.15, 0.2) is 12.1 Å². The molecule has 1 N–H and O–H groups in total. The van der Waals surface area contributed by atoms with Crippen molar-refractivity contribution in [2.24, 2.45) is 0 Å². The maximum Gasteiger partial charge on any atom is 0.185 e. The van der Waals surface area contributed by atoms with E-state index in [0.717, 1.165) is 0 Å². The van der Waals surface area contributed by atoms with E-state index in [4.69, 9.17) is 0 Å². The van der Waals surface area contributed by atoms with Crippen LogP contribution in [-0.4, -0.2) is 16.3 Å².